The molecule has 2 aromatic carbocycles. The minimum absolute atomic E-state index is 0.147. The van der Waals surface area contributed by atoms with E-state index >= 15 is 0 Å². The molecule has 1 N–H and O–H groups in total. The van der Waals surface area contributed by atoms with Gasteiger partial charge in [0.05, 0.1) is 33.8 Å². The second kappa shape index (κ2) is 14.9. The van der Waals surface area contributed by atoms with Crippen LogP contribution in [0.1, 0.15) is 96.1 Å². The standard InChI is InChI=1S/C42H53FN4O6S/c1-27(2)25-47-35-15-11-10-14-34(35)44-40(47)53-33-22-36-37(48)24-42(39(50)45-54(51,52)41(4)16-17-41)23-31(42)13-9-7-5-6-8-12-30(38(49)46(36)26-33)20-29-18-28(3)19-32(43)21-29/h9-11,13-15,18-19,21,27,30-31,33,36H,5-8,12,16-17,20,22-26H2,1-4H3,(H,45,50)/b13-9-/t30-,31+,33-,36+,42-/m1/s1. The first-order valence-corrected chi connectivity index (χ1v) is 21.1. The zero-order chi connectivity index (χ0) is 38.4. The molecule has 2 aliphatic carbocycles. The summed E-state index contributed by atoms with van der Waals surface area (Å²) in [4.78, 5) is 49.8. The number of rotatable bonds is 9. The molecule has 7 rings (SSSR count). The van der Waals surface area contributed by atoms with Gasteiger partial charge in [0.25, 0.3) is 6.01 Å². The van der Waals surface area contributed by atoms with Crippen LogP contribution in [0.2, 0.25) is 0 Å². The van der Waals surface area contributed by atoms with Crippen LogP contribution in [-0.4, -0.2) is 63.9 Å². The first-order chi connectivity index (χ1) is 25.7. The van der Waals surface area contributed by atoms with Gasteiger partial charge in [-0.2, -0.15) is 4.98 Å². The highest BCUT2D eigenvalue weighted by Crippen LogP contribution is 2.57. The van der Waals surface area contributed by atoms with Crippen LogP contribution in [0.25, 0.3) is 11.0 Å². The lowest BCUT2D eigenvalue weighted by atomic mass is 9.89. The summed E-state index contributed by atoms with van der Waals surface area (Å²) in [6, 6.07) is 12.2. The predicted octanol–water partition coefficient (Wildman–Crippen LogP) is 6.83. The van der Waals surface area contributed by atoms with Gasteiger partial charge in [0, 0.05) is 25.3 Å². The number of imidazole rings is 1. The van der Waals surface area contributed by atoms with E-state index in [1.165, 1.54) is 12.1 Å². The molecule has 0 unspecified atom stereocenters. The van der Waals surface area contributed by atoms with Crippen molar-refractivity contribution in [3.63, 3.8) is 0 Å². The third kappa shape index (κ3) is 7.86. The summed E-state index contributed by atoms with van der Waals surface area (Å²) < 4.78 is 51.0. The molecule has 54 heavy (non-hydrogen) atoms. The Labute approximate surface area is 318 Å². The second-order valence-corrected chi connectivity index (χ2v) is 19.2. The SMILES string of the molecule is Cc1cc(F)cc(C[C@H]2CCCCC/C=C\[C@H]3C[C@@]3(C(=O)NS(=O)(=O)C3(C)CC3)CC(=O)[C@@H]3C[C@@H](Oc4nc5ccccc5n4CC(C)C)CN3C2=O)c1. The highest BCUT2D eigenvalue weighted by Gasteiger charge is 2.62. The highest BCUT2D eigenvalue weighted by atomic mass is 32.2. The number of benzene rings is 2. The number of carbonyl (C=O) groups excluding carboxylic acids is 3. The van der Waals surface area contributed by atoms with Crippen molar-refractivity contribution < 1.29 is 31.9 Å². The van der Waals surface area contributed by atoms with Crippen LogP contribution in [0.5, 0.6) is 6.01 Å². The quantitative estimate of drug-likeness (QED) is 0.237. The number of carbonyl (C=O) groups is 3. The second-order valence-electron chi connectivity index (χ2n) is 17.0. The number of aryl methyl sites for hydroxylation is 1. The molecule has 290 valence electrons. The van der Waals surface area contributed by atoms with Crippen LogP contribution in [0, 0.1) is 35.9 Å². The van der Waals surface area contributed by atoms with E-state index in [4.69, 9.17) is 9.72 Å². The maximum Gasteiger partial charge on any atom is 0.297 e. The van der Waals surface area contributed by atoms with Crippen LogP contribution >= 0.6 is 0 Å². The topological polar surface area (TPSA) is 128 Å². The highest BCUT2D eigenvalue weighted by molar-refractivity contribution is 7.91. The number of fused-ring (bicyclic) bond motifs is 3. The van der Waals surface area contributed by atoms with Gasteiger partial charge in [-0.15, -0.1) is 0 Å². The third-order valence-corrected chi connectivity index (χ3v) is 14.1. The Balaban J connectivity index is 1.22. The molecule has 12 heteroatoms. The van der Waals surface area contributed by atoms with Gasteiger partial charge < -0.3 is 9.64 Å². The molecule has 2 saturated carbocycles. The van der Waals surface area contributed by atoms with Gasteiger partial charge in [0.1, 0.15) is 11.9 Å². The van der Waals surface area contributed by atoms with Gasteiger partial charge in [0.15, 0.2) is 5.78 Å². The van der Waals surface area contributed by atoms with E-state index in [-0.39, 0.29) is 42.8 Å². The molecule has 4 aliphatic rings. The van der Waals surface area contributed by atoms with Crippen molar-refractivity contribution >= 4 is 38.7 Å². The Morgan fingerprint density at radius 2 is 1.89 bits per heavy atom. The Kier molecular flexibility index (Phi) is 10.5. The number of Topliss-reactive ketones (excluding diaryl/α,β-unsaturated/α-hetero) is 1. The Morgan fingerprint density at radius 3 is 2.63 bits per heavy atom. The van der Waals surface area contributed by atoms with Gasteiger partial charge in [-0.05, 0) is 106 Å². The fourth-order valence-electron chi connectivity index (χ4n) is 8.47. The summed E-state index contributed by atoms with van der Waals surface area (Å²) in [5.41, 5.74) is 2.00. The average Bonchev–Trinajstić information content (AvgIpc) is 3.94. The number of para-hydroxylation sites is 2. The molecule has 0 radical (unpaired) electrons. The first kappa shape index (κ1) is 38.2. The van der Waals surface area contributed by atoms with Crippen molar-refractivity contribution in [2.24, 2.45) is 23.2 Å². The molecule has 3 aromatic rings. The normalized spacial score (nSPS) is 27.9. The maximum atomic E-state index is 14.8. The molecule has 0 bridgehead atoms. The van der Waals surface area contributed by atoms with E-state index in [0.29, 0.717) is 50.6 Å². The summed E-state index contributed by atoms with van der Waals surface area (Å²) in [7, 11) is -3.92. The van der Waals surface area contributed by atoms with Crippen molar-refractivity contribution in [3.05, 3.63) is 71.6 Å². The monoisotopic (exact) mass is 760 g/mol. The van der Waals surface area contributed by atoms with Crippen LogP contribution < -0.4 is 9.46 Å². The Bertz CT molecular complexity index is 2050. The number of nitrogens with zero attached hydrogens (tertiary/aromatic N) is 3. The predicted molar refractivity (Wildman–Crippen MR) is 205 cm³/mol. The van der Waals surface area contributed by atoms with Crippen molar-refractivity contribution in [1.82, 2.24) is 19.2 Å². The summed E-state index contributed by atoms with van der Waals surface area (Å²) in [6.07, 6.45) is 9.00. The number of aromatic nitrogens is 2. The minimum Gasteiger partial charge on any atom is -0.459 e. The number of sulfonamides is 1. The lowest BCUT2D eigenvalue weighted by Gasteiger charge is -2.29. The number of hydrogen-bond acceptors (Lipinski definition) is 7. The van der Waals surface area contributed by atoms with Crippen molar-refractivity contribution in [2.45, 2.75) is 122 Å². The number of hydrogen-bond donors (Lipinski definition) is 1. The van der Waals surface area contributed by atoms with Gasteiger partial charge >= 0.3 is 0 Å². The molecule has 0 spiro atoms. The molecule has 1 aromatic heterocycles. The van der Waals surface area contributed by atoms with Gasteiger partial charge in [-0.25, -0.2) is 12.8 Å². The molecular formula is C42H53FN4O6S. The molecule has 2 amide bonds. The van der Waals surface area contributed by atoms with E-state index < -0.39 is 44.2 Å². The molecule has 5 atom stereocenters. The fourth-order valence-corrected chi connectivity index (χ4v) is 9.80. The lowest BCUT2D eigenvalue weighted by molar-refractivity contribution is -0.142. The molecular weight excluding hydrogens is 708 g/mol. The summed E-state index contributed by atoms with van der Waals surface area (Å²) in [5.74, 6) is -1.97. The van der Waals surface area contributed by atoms with Crippen LogP contribution in [0.3, 0.4) is 0 Å². The van der Waals surface area contributed by atoms with Crippen LogP contribution in [-0.2, 0) is 37.4 Å². The van der Waals surface area contributed by atoms with Crippen molar-refractivity contribution in [3.8, 4) is 6.01 Å². The number of allylic oxidation sites excluding steroid dienone is 2. The minimum atomic E-state index is -3.92. The van der Waals surface area contributed by atoms with Gasteiger partial charge in [-0.3, -0.25) is 23.7 Å². The molecule has 10 nitrogen and oxygen atoms in total. The van der Waals surface area contributed by atoms with Crippen LogP contribution in [0.4, 0.5) is 4.39 Å². The Hall–Kier alpha value is -4.06. The summed E-state index contributed by atoms with van der Waals surface area (Å²) in [5, 5.41) is 0. The number of ether oxygens (including phenoxy) is 1. The molecule has 3 fully saturated rings. The number of ketones is 1. The Morgan fingerprint density at radius 1 is 1.11 bits per heavy atom. The van der Waals surface area contributed by atoms with E-state index in [2.05, 4.69) is 18.6 Å². The zero-order valence-corrected chi connectivity index (χ0v) is 32.7. The van der Waals surface area contributed by atoms with E-state index in [0.717, 1.165) is 47.8 Å². The van der Waals surface area contributed by atoms with Gasteiger partial charge in [0.2, 0.25) is 21.8 Å². The lowest BCUT2D eigenvalue weighted by Crippen LogP contribution is -2.47. The van der Waals surface area contributed by atoms with E-state index in [1.54, 1.807) is 11.8 Å². The smallest absolute Gasteiger partial charge is 0.297 e. The van der Waals surface area contributed by atoms with E-state index in [9.17, 15) is 27.2 Å². The van der Waals surface area contributed by atoms with Crippen molar-refractivity contribution in [2.75, 3.05) is 6.54 Å². The van der Waals surface area contributed by atoms with Crippen LogP contribution in [0.15, 0.2) is 54.6 Å². The zero-order valence-electron chi connectivity index (χ0n) is 31.9. The number of nitrogens with one attached hydrogen (secondary N) is 1. The maximum absolute atomic E-state index is 14.8. The molecule has 3 heterocycles. The first-order valence-electron chi connectivity index (χ1n) is 19.6. The number of halogens is 1. The van der Waals surface area contributed by atoms with E-state index in [1.807, 2.05) is 54.0 Å². The van der Waals surface area contributed by atoms with Crippen molar-refractivity contribution in [1.29, 1.82) is 0 Å². The number of amides is 2. The molecule has 1 saturated heterocycles. The third-order valence-electron chi connectivity index (χ3n) is 12.0. The fraction of sp³-hybridized carbons (Fsp3) is 0.571. The summed E-state index contributed by atoms with van der Waals surface area (Å²) >= 11 is 0. The average molecular weight is 761 g/mol. The van der Waals surface area contributed by atoms with Gasteiger partial charge in [-0.1, -0.05) is 57.0 Å². The molecule has 2 aliphatic heterocycles. The summed E-state index contributed by atoms with van der Waals surface area (Å²) in [6.45, 7) is 8.50. The largest absolute Gasteiger partial charge is 0.459 e.